The molecule has 3 rings (SSSR count). The molecule has 4 nitrogen and oxygen atoms in total. The predicted octanol–water partition coefficient (Wildman–Crippen LogP) is 3.94. The van der Waals surface area contributed by atoms with Crippen molar-refractivity contribution in [2.24, 2.45) is 13.0 Å². The molecule has 1 N–H and O–H groups in total. The molecule has 24 heavy (non-hydrogen) atoms. The number of hydrogen-bond acceptors (Lipinski definition) is 3. The van der Waals surface area contributed by atoms with Crippen LogP contribution in [0, 0.1) is 5.92 Å². The molecule has 2 aliphatic rings. The summed E-state index contributed by atoms with van der Waals surface area (Å²) >= 11 is 6.45. The van der Waals surface area contributed by atoms with Crippen LogP contribution in [0.1, 0.15) is 69.5 Å². The van der Waals surface area contributed by atoms with Crippen molar-refractivity contribution in [1.29, 1.82) is 0 Å². The molecule has 1 aliphatic heterocycles. The molecule has 0 spiro atoms. The van der Waals surface area contributed by atoms with E-state index in [0.29, 0.717) is 12.0 Å². The molecule has 1 saturated heterocycles. The maximum atomic E-state index is 6.45. The van der Waals surface area contributed by atoms with E-state index in [9.17, 15) is 0 Å². The Kier molecular flexibility index (Phi) is 6.22. The van der Waals surface area contributed by atoms with Crippen molar-refractivity contribution in [1.82, 2.24) is 20.0 Å². The highest BCUT2D eigenvalue weighted by atomic mass is 35.5. The lowest BCUT2D eigenvalue weighted by molar-refractivity contribution is 0.172. The van der Waals surface area contributed by atoms with E-state index in [0.717, 1.165) is 23.3 Å². The van der Waals surface area contributed by atoms with Crippen LogP contribution in [0.25, 0.3) is 0 Å². The van der Waals surface area contributed by atoms with Gasteiger partial charge in [0, 0.05) is 31.7 Å². The quantitative estimate of drug-likeness (QED) is 0.841. The van der Waals surface area contributed by atoms with Gasteiger partial charge in [-0.25, -0.2) is 0 Å². The lowest BCUT2D eigenvalue weighted by Gasteiger charge is -2.34. The van der Waals surface area contributed by atoms with Gasteiger partial charge in [0.25, 0.3) is 0 Å². The summed E-state index contributed by atoms with van der Waals surface area (Å²) < 4.78 is 1.80. The van der Waals surface area contributed by atoms with Gasteiger partial charge >= 0.3 is 0 Å². The summed E-state index contributed by atoms with van der Waals surface area (Å²) in [5.41, 5.74) is 2.32. The molecule has 0 amide bonds. The van der Waals surface area contributed by atoms with Crippen LogP contribution in [-0.2, 0) is 13.6 Å². The second-order valence-corrected chi connectivity index (χ2v) is 8.40. The Hall–Kier alpha value is -0.580. The minimum absolute atomic E-state index is 0.411. The third-order valence-electron chi connectivity index (χ3n) is 5.79. The van der Waals surface area contributed by atoms with Gasteiger partial charge in [0.15, 0.2) is 0 Å². The van der Waals surface area contributed by atoms with Gasteiger partial charge in [0.2, 0.25) is 0 Å². The van der Waals surface area contributed by atoms with Crippen LogP contribution in [0.4, 0.5) is 0 Å². The molecule has 0 atom stereocenters. The largest absolute Gasteiger partial charge is 0.310 e. The number of nitrogens with one attached hydrogen (secondary N) is 1. The van der Waals surface area contributed by atoms with Crippen LogP contribution in [0.3, 0.4) is 0 Å². The molecule has 0 radical (unpaired) electrons. The van der Waals surface area contributed by atoms with Crippen molar-refractivity contribution in [3.8, 4) is 0 Å². The van der Waals surface area contributed by atoms with Gasteiger partial charge in [-0.2, -0.15) is 5.10 Å². The first-order chi connectivity index (χ1) is 11.5. The molecular formula is C19H33ClN4. The van der Waals surface area contributed by atoms with Crippen molar-refractivity contribution in [2.75, 3.05) is 19.6 Å². The Labute approximate surface area is 151 Å². The van der Waals surface area contributed by atoms with E-state index in [1.54, 1.807) is 4.68 Å². The number of halogens is 1. The Bertz CT molecular complexity index is 526. The van der Waals surface area contributed by atoms with Gasteiger partial charge in [0.1, 0.15) is 5.15 Å². The zero-order valence-corrected chi connectivity index (χ0v) is 16.3. The van der Waals surface area contributed by atoms with Gasteiger partial charge < -0.3 is 10.2 Å². The van der Waals surface area contributed by atoms with E-state index in [2.05, 4.69) is 29.2 Å². The maximum absolute atomic E-state index is 6.45. The molecule has 0 aromatic carbocycles. The van der Waals surface area contributed by atoms with Crippen LogP contribution in [0.2, 0.25) is 5.15 Å². The van der Waals surface area contributed by atoms with Gasteiger partial charge in [-0.05, 0) is 50.6 Å². The molecule has 5 heteroatoms. The van der Waals surface area contributed by atoms with Crippen molar-refractivity contribution in [2.45, 2.75) is 70.9 Å². The molecule has 1 saturated carbocycles. The second-order valence-electron chi connectivity index (χ2n) is 8.04. The van der Waals surface area contributed by atoms with E-state index in [1.165, 1.54) is 63.7 Å². The molecule has 2 heterocycles. The average molecular weight is 353 g/mol. The number of piperidine rings is 1. The van der Waals surface area contributed by atoms with Gasteiger partial charge in [0.05, 0.1) is 5.69 Å². The number of hydrogen-bond donors (Lipinski definition) is 1. The van der Waals surface area contributed by atoms with E-state index in [-0.39, 0.29) is 0 Å². The van der Waals surface area contributed by atoms with Crippen molar-refractivity contribution in [3.05, 3.63) is 16.4 Å². The van der Waals surface area contributed by atoms with E-state index < -0.39 is 0 Å². The molecule has 0 unspecified atom stereocenters. The van der Waals surface area contributed by atoms with Crippen LogP contribution >= 0.6 is 11.6 Å². The fourth-order valence-corrected chi connectivity index (χ4v) is 4.52. The highest BCUT2D eigenvalue weighted by Crippen LogP contribution is 2.27. The molecule has 2 fully saturated rings. The normalized spacial score (nSPS) is 21.2. The number of likely N-dealkylation sites (tertiary alicyclic amines) is 1. The summed E-state index contributed by atoms with van der Waals surface area (Å²) in [6.45, 7) is 9.03. The fourth-order valence-electron chi connectivity index (χ4n) is 4.32. The van der Waals surface area contributed by atoms with Crippen LogP contribution in [-0.4, -0.2) is 40.4 Å². The summed E-state index contributed by atoms with van der Waals surface area (Å²) in [5, 5.41) is 9.10. The minimum Gasteiger partial charge on any atom is -0.310 e. The standard InChI is InChI=1S/C19H33ClN4/c1-14(2)18-17(19(20)23(3)22-18)12-21-16-8-10-24(11-9-16)13-15-6-4-5-7-15/h14-16,21H,4-13H2,1-3H3. The molecule has 1 aromatic rings. The van der Waals surface area contributed by atoms with Crippen LogP contribution in [0.15, 0.2) is 0 Å². The second kappa shape index (κ2) is 8.20. The SMILES string of the molecule is CC(C)c1nn(C)c(Cl)c1CNC1CCN(CC2CCCC2)CC1. The first kappa shape index (κ1) is 18.2. The zero-order chi connectivity index (χ0) is 17.1. The number of aryl methyl sites for hydroxylation is 1. The average Bonchev–Trinajstić information content (AvgIpc) is 3.16. The number of aromatic nitrogens is 2. The lowest BCUT2D eigenvalue weighted by Crippen LogP contribution is -2.43. The molecule has 0 bridgehead atoms. The Morgan fingerprint density at radius 3 is 2.46 bits per heavy atom. The van der Waals surface area contributed by atoms with E-state index in [1.807, 2.05) is 7.05 Å². The number of nitrogens with zero attached hydrogens (tertiary/aromatic N) is 3. The molecule has 136 valence electrons. The topological polar surface area (TPSA) is 33.1 Å². The summed E-state index contributed by atoms with van der Waals surface area (Å²) in [6, 6.07) is 0.612. The third-order valence-corrected chi connectivity index (χ3v) is 6.27. The van der Waals surface area contributed by atoms with Gasteiger partial charge in [-0.15, -0.1) is 0 Å². The first-order valence-electron chi connectivity index (χ1n) is 9.71. The summed E-state index contributed by atoms with van der Waals surface area (Å²) in [7, 11) is 1.93. The summed E-state index contributed by atoms with van der Waals surface area (Å²) in [6.07, 6.45) is 8.31. The van der Waals surface area contributed by atoms with Crippen molar-refractivity contribution < 1.29 is 0 Å². The highest BCUT2D eigenvalue weighted by Gasteiger charge is 2.24. The summed E-state index contributed by atoms with van der Waals surface area (Å²) in [4.78, 5) is 2.69. The van der Waals surface area contributed by atoms with Gasteiger partial charge in [-0.1, -0.05) is 38.3 Å². The van der Waals surface area contributed by atoms with Crippen LogP contribution < -0.4 is 5.32 Å². The smallest absolute Gasteiger partial charge is 0.131 e. The third kappa shape index (κ3) is 4.33. The Morgan fingerprint density at radius 1 is 1.17 bits per heavy atom. The molecule has 1 aromatic heterocycles. The van der Waals surface area contributed by atoms with E-state index >= 15 is 0 Å². The minimum atomic E-state index is 0.411. The zero-order valence-electron chi connectivity index (χ0n) is 15.5. The Balaban J connectivity index is 1.47. The number of rotatable bonds is 6. The van der Waals surface area contributed by atoms with E-state index in [4.69, 9.17) is 11.6 Å². The fraction of sp³-hybridized carbons (Fsp3) is 0.842. The maximum Gasteiger partial charge on any atom is 0.131 e. The van der Waals surface area contributed by atoms with Crippen LogP contribution in [0.5, 0.6) is 0 Å². The monoisotopic (exact) mass is 352 g/mol. The summed E-state index contributed by atoms with van der Waals surface area (Å²) in [5.74, 6) is 1.38. The predicted molar refractivity (Wildman–Crippen MR) is 101 cm³/mol. The Morgan fingerprint density at radius 2 is 1.83 bits per heavy atom. The van der Waals surface area contributed by atoms with Crippen molar-refractivity contribution in [3.63, 3.8) is 0 Å². The molecular weight excluding hydrogens is 320 g/mol. The van der Waals surface area contributed by atoms with Crippen molar-refractivity contribution >= 4 is 11.6 Å². The first-order valence-corrected chi connectivity index (χ1v) is 10.1. The lowest BCUT2D eigenvalue weighted by atomic mass is 10.0. The molecule has 1 aliphatic carbocycles. The van der Waals surface area contributed by atoms with Gasteiger partial charge in [-0.3, -0.25) is 4.68 Å². The highest BCUT2D eigenvalue weighted by molar-refractivity contribution is 6.30.